The zero-order valence-corrected chi connectivity index (χ0v) is 10.6. The third kappa shape index (κ3) is 1.24. The van der Waals surface area contributed by atoms with Gasteiger partial charge in [0.2, 0.25) is 0 Å². The van der Waals surface area contributed by atoms with Crippen LogP contribution in [0, 0.1) is 0 Å². The van der Waals surface area contributed by atoms with Gasteiger partial charge in [0.1, 0.15) is 5.54 Å². The third-order valence-corrected chi connectivity index (χ3v) is 4.00. The van der Waals surface area contributed by atoms with Gasteiger partial charge in [-0.3, -0.25) is 0 Å². The number of rotatable bonds is 2. The van der Waals surface area contributed by atoms with Crippen LogP contribution in [0.1, 0.15) is 25.0 Å². The van der Waals surface area contributed by atoms with Crippen molar-refractivity contribution in [3.63, 3.8) is 0 Å². The fraction of sp³-hybridized carbons (Fsp3) is 0.250. The average Bonchev–Trinajstić information content (AvgIpc) is 2.86. The molecule has 1 fully saturated rings. The van der Waals surface area contributed by atoms with Gasteiger partial charge in [0.05, 0.1) is 5.54 Å². The Bertz CT molecular complexity index is 508. The fourth-order valence-corrected chi connectivity index (χ4v) is 3.00. The zero-order chi connectivity index (χ0) is 12.8. The van der Waals surface area contributed by atoms with Gasteiger partial charge in [-0.2, -0.15) is 0 Å². The molecule has 1 unspecified atom stereocenters. The van der Waals surface area contributed by atoms with Crippen LogP contribution in [0.3, 0.4) is 0 Å². The maximum absolute atomic E-state index is 14.4. The van der Waals surface area contributed by atoms with Gasteiger partial charge in [0.15, 0.2) is 0 Å². The Kier molecular flexibility index (Phi) is 2.32. The molecule has 1 saturated heterocycles. The lowest BCUT2D eigenvalue weighted by atomic mass is 9.82. The molecule has 0 N–H and O–H groups in total. The van der Waals surface area contributed by atoms with Crippen molar-refractivity contribution in [1.29, 1.82) is 0 Å². The third-order valence-electron chi connectivity index (χ3n) is 4.00. The number of nitrogens with zero attached hydrogens (tertiary/aromatic N) is 1. The Hall–Kier alpha value is -1.67. The first kappa shape index (κ1) is 11.4. The van der Waals surface area contributed by atoms with Gasteiger partial charge < -0.3 is 0 Å². The van der Waals surface area contributed by atoms with Gasteiger partial charge in [-0.25, -0.2) is 0 Å². The first-order valence-electron chi connectivity index (χ1n) is 6.19. The molecular weight excluding hydrogens is 225 g/mol. The fourth-order valence-electron chi connectivity index (χ4n) is 3.00. The van der Waals surface area contributed by atoms with Gasteiger partial charge in [-0.15, -0.1) is 9.60 Å². The molecule has 2 heteroatoms. The predicted octanol–water partition coefficient (Wildman–Crippen LogP) is 3.91. The predicted molar refractivity (Wildman–Crippen MR) is 70.7 cm³/mol. The monoisotopic (exact) mass is 241 g/mol. The highest BCUT2D eigenvalue weighted by molar-refractivity contribution is 5.49. The Morgan fingerprint density at radius 3 is 1.39 bits per heavy atom. The van der Waals surface area contributed by atoms with E-state index < -0.39 is 11.1 Å². The van der Waals surface area contributed by atoms with Gasteiger partial charge in [-0.05, 0) is 25.0 Å². The molecule has 0 saturated carbocycles. The summed E-state index contributed by atoms with van der Waals surface area (Å²) in [5.41, 5.74) is 0.859. The van der Waals surface area contributed by atoms with Crippen LogP contribution in [0.2, 0.25) is 0 Å². The van der Waals surface area contributed by atoms with E-state index >= 15 is 0 Å². The molecule has 1 atom stereocenters. The van der Waals surface area contributed by atoms with Gasteiger partial charge in [0.25, 0.3) is 0 Å². The summed E-state index contributed by atoms with van der Waals surface area (Å²) in [6.07, 6.45) is 0. The molecule has 2 aromatic rings. The molecule has 3 rings (SSSR count). The maximum atomic E-state index is 14.4. The molecule has 0 amide bonds. The minimum atomic E-state index is -0.643. The van der Waals surface area contributed by atoms with Crippen molar-refractivity contribution in [1.82, 2.24) is 5.12 Å². The molecule has 1 heterocycles. The lowest BCUT2D eigenvalue weighted by Crippen LogP contribution is -2.20. The number of hydrogen-bond acceptors (Lipinski definition) is 1. The van der Waals surface area contributed by atoms with Crippen molar-refractivity contribution in [2.75, 3.05) is 0 Å². The Morgan fingerprint density at radius 1 is 0.778 bits per heavy atom. The van der Waals surface area contributed by atoms with Crippen molar-refractivity contribution in [3.8, 4) is 0 Å². The second kappa shape index (κ2) is 3.66. The second-order valence-corrected chi connectivity index (χ2v) is 5.28. The van der Waals surface area contributed by atoms with Crippen LogP contribution in [-0.2, 0) is 5.54 Å². The molecule has 1 aliphatic rings. The molecule has 0 radical (unpaired) electrons. The maximum Gasteiger partial charge on any atom is 0.122 e. The summed E-state index contributed by atoms with van der Waals surface area (Å²) < 4.78 is 14.4. The summed E-state index contributed by atoms with van der Waals surface area (Å²) >= 11 is 0. The van der Waals surface area contributed by atoms with E-state index in [1.165, 1.54) is 0 Å². The van der Waals surface area contributed by atoms with E-state index in [4.69, 9.17) is 0 Å². The Labute approximate surface area is 107 Å². The molecular formula is C16H16FN. The van der Waals surface area contributed by atoms with Crippen molar-refractivity contribution in [2.24, 2.45) is 0 Å². The smallest absolute Gasteiger partial charge is 0.122 e. The number of hydrogen-bond donors (Lipinski definition) is 0. The highest BCUT2D eigenvalue weighted by Crippen LogP contribution is 2.62. The second-order valence-electron chi connectivity index (χ2n) is 5.28. The average molecular weight is 241 g/mol. The van der Waals surface area contributed by atoms with E-state index in [9.17, 15) is 4.48 Å². The molecule has 0 aliphatic carbocycles. The summed E-state index contributed by atoms with van der Waals surface area (Å²) in [4.78, 5) is 0. The molecule has 1 nitrogen and oxygen atoms in total. The quantitative estimate of drug-likeness (QED) is 0.569. The summed E-state index contributed by atoms with van der Waals surface area (Å²) in [6.45, 7) is 3.88. The molecule has 0 aromatic heterocycles. The van der Waals surface area contributed by atoms with Crippen LogP contribution in [0.25, 0.3) is 0 Å². The van der Waals surface area contributed by atoms with E-state index in [1.54, 1.807) is 0 Å². The van der Waals surface area contributed by atoms with Crippen molar-refractivity contribution >= 4 is 0 Å². The van der Waals surface area contributed by atoms with Gasteiger partial charge in [-0.1, -0.05) is 60.7 Å². The van der Waals surface area contributed by atoms with Crippen molar-refractivity contribution in [3.05, 3.63) is 71.8 Å². The SMILES string of the molecule is CC1(C)N(F)C1(c1ccccc1)c1ccccc1. The zero-order valence-electron chi connectivity index (χ0n) is 10.6. The summed E-state index contributed by atoms with van der Waals surface area (Å²) in [5.74, 6) is 0. The van der Waals surface area contributed by atoms with E-state index in [0.717, 1.165) is 16.2 Å². The van der Waals surface area contributed by atoms with E-state index in [2.05, 4.69) is 0 Å². The van der Waals surface area contributed by atoms with Gasteiger partial charge in [0, 0.05) is 0 Å². The largest absolute Gasteiger partial charge is 0.133 e. The van der Waals surface area contributed by atoms with Crippen molar-refractivity contribution < 1.29 is 4.48 Å². The minimum Gasteiger partial charge on any atom is -0.133 e. The Morgan fingerprint density at radius 2 is 1.11 bits per heavy atom. The summed E-state index contributed by atoms with van der Waals surface area (Å²) in [7, 11) is 0. The first-order valence-corrected chi connectivity index (χ1v) is 6.19. The minimum absolute atomic E-state index is 0.504. The topological polar surface area (TPSA) is 3.01 Å². The number of halogens is 1. The van der Waals surface area contributed by atoms with Crippen LogP contribution >= 0.6 is 0 Å². The summed E-state index contributed by atoms with van der Waals surface area (Å²) in [6, 6.07) is 19.7. The molecule has 1 aliphatic heterocycles. The number of benzene rings is 2. The van der Waals surface area contributed by atoms with Crippen LogP contribution in [0.4, 0.5) is 4.48 Å². The van der Waals surface area contributed by atoms with Crippen LogP contribution in [0.15, 0.2) is 60.7 Å². The first-order chi connectivity index (χ1) is 8.62. The Balaban J connectivity index is 2.20. The van der Waals surface area contributed by atoms with E-state index in [1.807, 2.05) is 74.5 Å². The van der Waals surface area contributed by atoms with Crippen molar-refractivity contribution in [2.45, 2.75) is 24.9 Å². The summed E-state index contributed by atoms with van der Waals surface area (Å²) in [5, 5.41) is 0.949. The lowest BCUT2D eigenvalue weighted by Gasteiger charge is -2.18. The molecule has 0 spiro atoms. The highest BCUT2D eigenvalue weighted by Gasteiger charge is 2.73. The molecule has 18 heavy (non-hydrogen) atoms. The lowest BCUT2D eigenvalue weighted by molar-refractivity contribution is 0.115. The van der Waals surface area contributed by atoms with Crippen LogP contribution in [0.5, 0.6) is 0 Å². The van der Waals surface area contributed by atoms with Gasteiger partial charge >= 0.3 is 0 Å². The van der Waals surface area contributed by atoms with E-state index in [-0.39, 0.29) is 0 Å². The molecule has 0 bridgehead atoms. The molecule has 2 aromatic carbocycles. The standard InChI is InChI=1S/C16H16FN/c1-15(2)16(18(15)17,13-9-5-3-6-10-13)14-11-7-4-8-12-14/h3-12H,1-2H3. The normalized spacial score (nSPS) is 23.6. The van der Waals surface area contributed by atoms with E-state index in [0.29, 0.717) is 0 Å². The van der Waals surface area contributed by atoms with Crippen LogP contribution in [-0.4, -0.2) is 10.7 Å². The highest BCUT2D eigenvalue weighted by atomic mass is 19.2. The van der Waals surface area contributed by atoms with Crippen LogP contribution < -0.4 is 0 Å². The molecule has 92 valence electrons.